The van der Waals surface area contributed by atoms with Crippen molar-refractivity contribution in [2.45, 2.75) is 43.4 Å². The van der Waals surface area contributed by atoms with Gasteiger partial charge in [-0.2, -0.15) is 0 Å². The van der Waals surface area contributed by atoms with Crippen LogP contribution in [0.15, 0.2) is 65.8 Å². The van der Waals surface area contributed by atoms with Crippen LogP contribution < -0.4 is 9.46 Å². The Morgan fingerprint density at radius 2 is 1.84 bits per heavy atom. The number of hydrogen-bond acceptors (Lipinski definition) is 6. The smallest absolute Gasteiger partial charge is 0.330 e. The molecule has 0 bridgehead atoms. The molecule has 0 aliphatic rings. The Labute approximate surface area is 190 Å². The number of aryl methyl sites for hydroxylation is 1. The molecule has 8 heteroatoms. The van der Waals surface area contributed by atoms with E-state index in [9.17, 15) is 13.2 Å². The highest BCUT2D eigenvalue weighted by Crippen LogP contribution is 2.19. The van der Waals surface area contributed by atoms with Crippen LogP contribution in [0.25, 0.3) is 0 Å². The van der Waals surface area contributed by atoms with Gasteiger partial charge in [-0.05, 0) is 73.9 Å². The van der Waals surface area contributed by atoms with Crippen LogP contribution in [-0.2, 0) is 26.0 Å². The lowest BCUT2D eigenvalue weighted by molar-refractivity contribution is -0.134. The van der Waals surface area contributed by atoms with Crippen LogP contribution in [0, 0.1) is 5.92 Å². The molecule has 1 aromatic heterocycles. The monoisotopic (exact) mass is 460 g/mol. The van der Waals surface area contributed by atoms with E-state index in [-0.39, 0.29) is 16.8 Å². The van der Waals surface area contributed by atoms with Gasteiger partial charge in [-0.1, -0.05) is 18.6 Å². The van der Waals surface area contributed by atoms with Gasteiger partial charge in [-0.15, -0.1) is 0 Å². The topological polar surface area (TPSA) is 94.6 Å². The minimum Gasteiger partial charge on any atom is -0.497 e. The van der Waals surface area contributed by atoms with Crippen LogP contribution in [0.5, 0.6) is 5.75 Å². The Hall–Kier alpha value is -2.71. The number of esters is 1. The van der Waals surface area contributed by atoms with Crippen LogP contribution in [0.4, 0.5) is 0 Å². The number of rotatable bonds is 14. The largest absolute Gasteiger partial charge is 0.497 e. The van der Waals surface area contributed by atoms with E-state index in [1.54, 1.807) is 18.3 Å². The number of carbonyl (C=O) groups excluding carboxylic acids is 1. The van der Waals surface area contributed by atoms with Crippen molar-refractivity contribution in [3.8, 4) is 5.75 Å². The van der Waals surface area contributed by atoms with Crippen LogP contribution in [0.3, 0.4) is 0 Å². The van der Waals surface area contributed by atoms with Crippen molar-refractivity contribution in [1.29, 1.82) is 0 Å². The second kappa shape index (κ2) is 13.6. The number of hydrogen-bond donors (Lipinski definition) is 1. The second-order valence-electron chi connectivity index (χ2n) is 7.46. The second-order valence-corrected chi connectivity index (χ2v) is 9.23. The highest BCUT2D eigenvalue weighted by Gasteiger charge is 2.13. The first-order valence-corrected chi connectivity index (χ1v) is 12.2. The van der Waals surface area contributed by atoms with Crippen molar-refractivity contribution < 1.29 is 22.7 Å². The van der Waals surface area contributed by atoms with E-state index in [2.05, 4.69) is 15.8 Å². The van der Waals surface area contributed by atoms with Crippen LogP contribution >= 0.6 is 0 Å². The summed E-state index contributed by atoms with van der Waals surface area (Å²) in [7, 11) is -0.646. The molecule has 32 heavy (non-hydrogen) atoms. The molecule has 1 aromatic carbocycles. The predicted molar refractivity (Wildman–Crippen MR) is 124 cm³/mol. The van der Waals surface area contributed by atoms with Crippen molar-refractivity contribution in [3.05, 3.63) is 66.5 Å². The van der Waals surface area contributed by atoms with E-state index in [1.165, 1.54) is 38.0 Å². The summed E-state index contributed by atoms with van der Waals surface area (Å²) in [5.41, 5.74) is 1.19. The van der Waals surface area contributed by atoms with Crippen molar-refractivity contribution in [2.24, 2.45) is 5.92 Å². The molecule has 0 aliphatic heterocycles. The molecule has 1 atom stereocenters. The van der Waals surface area contributed by atoms with Crippen molar-refractivity contribution in [2.75, 3.05) is 20.8 Å². The third-order valence-electron chi connectivity index (χ3n) is 5.13. The maximum atomic E-state index is 12.4. The summed E-state index contributed by atoms with van der Waals surface area (Å²) in [6.07, 6.45) is 12.3. The average Bonchev–Trinajstić information content (AvgIpc) is 2.82. The molecule has 2 rings (SSSR count). The fourth-order valence-electron chi connectivity index (χ4n) is 3.31. The van der Waals surface area contributed by atoms with E-state index in [0.29, 0.717) is 18.7 Å². The molecule has 1 N–H and O–H groups in total. The Balaban J connectivity index is 1.78. The van der Waals surface area contributed by atoms with Gasteiger partial charge in [0.2, 0.25) is 10.0 Å². The minimum absolute atomic E-state index is 0.215. The molecule has 174 valence electrons. The molecule has 0 radical (unpaired) electrons. The van der Waals surface area contributed by atoms with Gasteiger partial charge in [-0.25, -0.2) is 17.9 Å². The number of sulfonamides is 1. The number of unbranched alkanes of at least 4 members (excludes halogenated alkanes) is 1. The highest BCUT2D eigenvalue weighted by molar-refractivity contribution is 7.89. The van der Waals surface area contributed by atoms with Gasteiger partial charge in [0.1, 0.15) is 5.75 Å². The van der Waals surface area contributed by atoms with E-state index < -0.39 is 10.0 Å². The van der Waals surface area contributed by atoms with Crippen LogP contribution in [0.2, 0.25) is 0 Å². The van der Waals surface area contributed by atoms with E-state index in [0.717, 1.165) is 32.1 Å². The number of nitrogens with zero attached hydrogens (tertiary/aromatic N) is 1. The summed E-state index contributed by atoms with van der Waals surface area (Å²) in [6, 6.07) is 10.3. The zero-order chi connectivity index (χ0) is 23.2. The fourth-order valence-corrected chi connectivity index (χ4v) is 4.38. The number of methoxy groups -OCH3 is 2. The molecule has 1 heterocycles. The molecular weight excluding hydrogens is 428 g/mol. The van der Waals surface area contributed by atoms with Gasteiger partial charge >= 0.3 is 5.97 Å². The number of allylic oxidation sites excluding steroid dienone is 1. The summed E-state index contributed by atoms with van der Waals surface area (Å²) < 4.78 is 37.2. The van der Waals surface area contributed by atoms with Gasteiger partial charge in [0.05, 0.1) is 19.1 Å². The molecule has 0 amide bonds. The summed E-state index contributed by atoms with van der Waals surface area (Å²) in [5, 5.41) is 0. The number of benzene rings is 1. The molecule has 0 saturated heterocycles. The molecule has 0 saturated carbocycles. The van der Waals surface area contributed by atoms with E-state index in [4.69, 9.17) is 9.47 Å². The molecule has 0 spiro atoms. The standard InChI is InChI=1S/C24H32N2O5S/c1-30-22-12-14-23(15-13-22)32(28,29)26-18-4-3-7-20(11-16-24(27)31-2)8-5-9-21-10-6-17-25-19-21/h6,10-17,19-20,26H,3-5,7-9,18H2,1-2H3/b16-11+. The first-order chi connectivity index (χ1) is 15.4. The lowest BCUT2D eigenvalue weighted by atomic mass is 9.94. The van der Waals surface area contributed by atoms with Crippen LogP contribution in [0.1, 0.15) is 37.7 Å². The normalized spacial score (nSPS) is 12.6. The molecule has 2 aromatic rings. The fraction of sp³-hybridized carbons (Fsp3) is 0.417. The van der Waals surface area contributed by atoms with Gasteiger partial charge < -0.3 is 9.47 Å². The molecule has 0 aliphatic carbocycles. The van der Waals surface area contributed by atoms with Gasteiger partial charge in [0.15, 0.2) is 0 Å². The predicted octanol–water partition coefficient (Wildman–Crippen LogP) is 3.91. The van der Waals surface area contributed by atoms with E-state index in [1.807, 2.05) is 18.3 Å². The number of pyridine rings is 1. The number of ether oxygens (including phenoxy) is 2. The Bertz CT molecular complexity index is 944. The molecule has 7 nitrogen and oxygen atoms in total. The third-order valence-corrected chi connectivity index (χ3v) is 6.61. The summed E-state index contributed by atoms with van der Waals surface area (Å²) in [5.74, 6) is 0.469. The summed E-state index contributed by atoms with van der Waals surface area (Å²) in [6.45, 7) is 0.359. The Morgan fingerprint density at radius 3 is 2.50 bits per heavy atom. The molecule has 1 unspecified atom stereocenters. The first-order valence-electron chi connectivity index (χ1n) is 10.7. The van der Waals surface area contributed by atoms with Crippen molar-refractivity contribution >= 4 is 16.0 Å². The zero-order valence-corrected chi connectivity index (χ0v) is 19.5. The lowest BCUT2D eigenvalue weighted by Gasteiger charge is -2.13. The first kappa shape index (κ1) is 25.5. The Kier molecular flexibility index (Phi) is 10.9. The van der Waals surface area contributed by atoms with Gasteiger partial charge in [0, 0.05) is 25.0 Å². The number of carbonyl (C=O) groups is 1. The maximum Gasteiger partial charge on any atom is 0.330 e. The van der Waals surface area contributed by atoms with Gasteiger partial charge in [-0.3, -0.25) is 4.98 Å². The van der Waals surface area contributed by atoms with E-state index >= 15 is 0 Å². The van der Waals surface area contributed by atoms with Gasteiger partial charge in [0.25, 0.3) is 0 Å². The van der Waals surface area contributed by atoms with Crippen LogP contribution in [-0.4, -0.2) is 40.1 Å². The number of nitrogens with one attached hydrogen (secondary N) is 1. The number of aromatic nitrogens is 1. The molecule has 0 fully saturated rings. The average molecular weight is 461 g/mol. The maximum absolute atomic E-state index is 12.4. The van der Waals surface area contributed by atoms with Crippen molar-refractivity contribution in [1.82, 2.24) is 9.71 Å². The molecular formula is C24H32N2O5S. The summed E-state index contributed by atoms with van der Waals surface area (Å²) in [4.78, 5) is 15.8. The SMILES string of the molecule is COC(=O)/C=C/C(CCCCNS(=O)(=O)c1ccc(OC)cc1)CCCc1cccnc1. The Morgan fingerprint density at radius 1 is 1.09 bits per heavy atom. The highest BCUT2D eigenvalue weighted by atomic mass is 32.2. The van der Waals surface area contributed by atoms with Crippen molar-refractivity contribution in [3.63, 3.8) is 0 Å². The summed E-state index contributed by atoms with van der Waals surface area (Å²) >= 11 is 0. The lowest BCUT2D eigenvalue weighted by Crippen LogP contribution is -2.24. The quantitative estimate of drug-likeness (QED) is 0.261. The minimum atomic E-state index is -3.54. The third kappa shape index (κ3) is 9.20. The zero-order valence-electron chi connectivity index (χ0n) is 18.7.